The number of nitrogens with zero attached hydrogens (tertiary/aromatic N) is 4. The topological polar surface area (TPSA) is 43.6 Å². The minimum atomic E-state index is 0.689. The molecule has 5 heteroatoms. The van der Waals surface area contributed by atoms with E-state index in [1.807, 2.05) is 12.1 Å². The number of hydrogen-bond acceptors (Lipinski definition) is 3. The Morgan fingerprint density at radius 3 is 3.08 bits per heavy atom. The fraction of sp³-hybridized carbons (Fsp3) is 0.125. The third-order valence-electron chi connectivity index (χ3n) is 1.64. The maximum atomic E-state index is 4.11. The third-order valence-corrected chi connectivity index (χ3v) is 2.35. The maximum Gasteiger partial charge on any atom is 0.137 e. The summed E-state index contributed by atoms with van der Waals surface area (Å²) in [6.07, 6.45) is 4.94. The van der Waals surface area contributed by atoms with E-state index < -0.39 is 0 Å². The van der Waals surface area contributed by atoms with E-state index in [1.54, 1.807) is 17.2 Å². The van der Waals surface area contributed by atoms with Crippen LogP contribution in [0.2, 0.25) is 0 Å². The van der Waals surface area contributed by atoms with Crippen molar-refractivity contribution in [1.29, 1.82) is 0 Å². The third kappa shape index (κ3) is 1.92. The minimum absolute atomic E-state index is 0.689. The van der Waals surface area contributed by atoms with Crippen LogP contribution in [0.25, 0.3) is 0 Å². The zero-order valence-corrected chi connectivity index (χ0v) is 8.35. The molecule has 0 atom stereocenters. The molecule has 0 aliphatic rings. The van der Waals surface area contributed by atoms with Gasteiger partial charge in [-0.15, -0.1) is 0 Å². The second-order valence-electron chi connectivity index (χ2n) is 2.55. The lowest BCUT2D eigenvalue weighted by atomic mass is 10.3. The lowest BCUT2D eigenvalue weighted by Crippen LogP contribution is -2.01. The van der Waals surface area contributed by atoms with Gasteiger partial charge >= 0.3 is 0 Å². The van der Waals surface area contributed by atoms with Crippen LogP contribution in [0.15, 0.2) is 35.6 Å². The van der Waals surface area contributed by atoms with E-state index in [4.69, 9.17) is 0 Å². The average molecular weight is 239 g/mol. The molecule has 0 fully saturated rings. The van der Waals surface area contributed by atoms with E-state index in [2.05, 4.69) is 31.0 Å². The van der Waals surface area contributed by atoms with Gasteiger partial charge in [-0.05, 0) is 22.0 Å². The Bertz CT molecular complexity index is 385. The molecule has 0 N–H and O–H groups in total. The van der Waals surface area contributed by atoms with Crippen molar-refractivity contribution in [3.63, 3.8) is 0 Å². The number of halogens is 1. The van der Waals surface area contributed by atoms with Crippen LogP contribution in [0.4, 0.5) is 0 Å². The fourth-order valence-corrected chi connectivity index (χ4v) is 1.40. The quantitative estimate of drug-likeness (QED) is 0.745. The van der Waals surface area contributed by atoms with Crippen LogP contribution in [-0.4, -0.2) is 19.7 Å². The Hall–Kier alpha value is -1.23. The second kappa shape index (κ2) is 3.66. The maximum absolute atomic E-state index is 4.11. The summed E-state index contributed by atoms with van der Waals surface area (Å²) >= 11 is 3.37. The van der Waals surface area contributed by atoms with Gasteiger partial charge in [0.25, 0.3) is 0 Å². The van der Waals surface area contributed by atoms with Crippen LogP contribution in [-0.2, 0) is 6.54 Å². The lowest BCUT2D eigenvalue weighted by Gasteiger charge is -2.01. The Balaban J connectivity index is 2.24. The summed E-state index contributed by atoms with van der Waals surface area (Å²) in [4.78, 5) is 7.98. The SMILES string of the molecule is Brc1ncccc1Cn1cncn1. The molecule has 0 aliphatic heterocycles. The van der Waals surface area contributed by atoms with Crippen molar-refractivity contribution >= 4 is 15.9 Å². The first kappa shape index (κ1) is 8.37. The molecule has 0 aliphatic carbocycles. The first-order valence-electron chi connectivity index (χ1n) is 3.78. The summed E-state index contributed by atoms with van der Waals surface area (Å²) in [5, 5.41) is 4.01. The van der Waals surface area contributed by atoms with Crippen molar-refractivity contribution in [3.8, 4) is 0 Å². The van der Waals surface area contributed by atoms with Gasteiger partial charge in [-0.1, -0.05) is 6.07 Å². The van der Waals surface area contributed by atoms with Gasteiger partial charge in [0.05, 0.1) is 6.54 Å². The van der Waals surface area contributed by atoms with Crippen LogP contribution in [0.1, 0.15) is 5.56 Å². The van der Waals surface area contributed by atoms with Gasteiger partial charge in [0.2, 0.25) is 0 Å². The summed E-state index contributed by atoms with van der Waals surface area (Å²) in [6.45, 7) is 0.689. The molecular weight excluding hydrogens is 232 g/mol. The van der Waals surface area contributed by atoms with Crippen LogP contribution >= 0.6 is 15.9 Å². The molecule has 0 unspecified atom stereocenters. The first-order valence-corrected chi connectivity index (χ1v) is 4.57. The summed E-state index contributed by atoms with van der Waals surface area (Å²) in [5.74, 6) is 0. The fourth-order valence-electron chi connectivity index (χ4n) is 1.03. The van der Waals surface area contributed by atoms with Crippen molar-refractivity contribution in [2.24, 2.45) is 0 Å². The zero-order valence-electron chi connectivity index (χ0n) is 6.76. The number of aromatic nitrogens is 4. The Morgan fingerprint density at radius 2 is 2.38 bits per heavy atom. The van der Waals surface area contributed by atoms with Crippen molar-refractivity contribution in [2.75, 3.05) is 0 Å². The molecule has 0 saturated carbocycles. The molecular formula is C8H7BrN4. The highest BCUT2D eigenvalue weighted by atomic mass is 79.9. The van der Waals surface area contributed by atoms with Crippen LogP contribution in [0, 0.1) is 0 Å². The number of rotatable bonds is 2. The van der Waals surface area contributed by atoms with Gasteiger partial charge in [0, 0.05) is 11.8 Å². The normalized spacial score (nSPS) is 10.2. The van der Waals surface area contributed by atoms with Gasteiger partial charge in [0.1, 0.15) is 17.3 Å². The predicted octanol–water partition coefficient (Wildman–Crippen LogP) is 1.48. The van der Waals surface area contributed by atoms with Gasteiger partial charge < -0.3 is 0 Å². The summed E-state index contributed by atoms with van der Waals surface area (Å²) < 4.78 is 2.60. The minimum Gasteiger partial charge on any atom is -0.249 e. The van der Waals surface area contributed by atoms with E-state index in [9.17, 15) is 0 Å². The second-order valence-corrected chi connectivity index (χ2v) is 3.30. The molecule has 0 saturated heterocycles. The molecule has 0 amide bonds. The van der Waals surface area contributed by atoms with Crippen LogP contribution in [0.3, 0.4) is 0 Å². The molecule has 66 valence electrons. The summed E-state index contributed by atoms with van der Waals surface area (Å²) in [5.41, 5.74) is 1.09. The van der Waals surface area contributed by atoms with E-state index in [0.29, 0.717) is 6.54 Å². The van der Waals surface area contributed by atoms with E-state index in [1.165, 1.54) is 6.33 Å². The largest absolute Gasteiger partial charge is 0.249 e. The molecule has 2 heterocycles. The van der Waals surface area contributed by atoms with Crippen LogP contribution in [0.5, 0.6) is 0 Å². The van der Waals surface area contributed by atoms with Gasteiger partial charge in [-0.3, -0.25) is 0 Å². The monoisotopic (exact) mass is 238 g/mol. The molecule has 0 spiro atoms. The molecule has 2 aromatic heterocycles. The molecule has 0 aromatic carbocycles. The highest BCUT2D eigenvalue weighted by Gasteiger charge is 2.00. The zero-order chi connectivity index (χ0) is 9.10. The molecule has 0 bridgehead atoms. The molecule has 2 rings (SSSR count). The van der Waals surface area contributed by atoms with E-state index in [-0.39, 0.29) is 0 Å². The Labute approximate surface area is 83.8 Å². The molecule has 4 nitrogen and oxygen atoms in total. The Morgan fingerprint density at radius 1 is 1.46 bits per heavy atom. The van der Waals surface area contributed by atoms with Crippen molar-refractivity contribution in [3.05, 3.63) is 41.2 Å². The van der Waals surface area contributed by atoms with Gasteiger partial charge in [-0.2, -0.15) is 5.10 Å². The van der Waals surface area contributed by atoms with Gasteiger partial charge in [-0.25, -0.2) is 14.6 Å². The number of pyridine rings is 1. The van der Waals surface area contributed by atoms with Crippen molar-refractivity contribution < 1.29 is 0 Å². The van der Waals surface area contributed by atoms with E-state index >= 15 is 0 Å². The van der Waals surface area contributed by atoms with Crippen LogP contribution < -0.4 is 0 Å². The molecule has 13 heavy (non-hydrogen) atoms. The summed E-state index contributed by atoms with van der Waals surface area (Å²) in [6, 6.07) is 3.90. The highest BCUT2D eigenvalue weighted by Crippen LogP contribution is 2.12. The smallest absolute Gasteiger partial charge is 0.137 e. The predicted molar refractivity (Wildman–Crippen MR) is 51.1 cm³/mol. The molecule has 2 aromatic rings. The lowest BCUT2D eigenvalue weighted by molar-refractivity contribution is 0.680. The highest BCUT2D eigenvalue weighted by molar-refractivity contribution is 9.10. The standard InChI is InChI=1S/C8H7BrN4/c9-8-7(2-1-3-11-8)4-13-6-10-5-12-13/h1-3,5-6H,4H2. The molecule has 0 radical (unpaired) electrons. The van der Waals surface area contributed by atoms with Crippen molar-refractivity contribution in [1.82, 2.24) is 19.7 Å². The van der Waals surface area contributed by atoms with Gasteiger partial charge in [0.15, 0.2) is 0 Å². The summed E-state index contributed by atoms with van der Waals surface area (Å²) in [7, 11) is 0. The first-order chi connectivity index (χ1) is 6.36. The average Bonchev–Trinajstić information content (AvgIpc) is 2.61. The number of hydrogen-bond donors (Lipinski definition) is 0. The van der Waals surface area contributed by atoms with E-state index in [0.717, 1.165) is 10.2 Å². The Kier molecular flexibility index (Phi) is 2.35. The van der Waals surface area contributed by atoms with Crippen molar-refractivity contribution in [2.45, 2.75) is 6.54 Å².